The summed E-state index contributed by atoms with van der Waals surface area (Å²) in [6.45, 7) is 0.547. The minimum atomic E-state index is -0.0313. The van der Waals surface area contributed by atoms with Crippen LogP contribution >= 0.6 is 0 Å². The smallest absolute Gasteiger partial charge is 0.251 e. The summed E-state index contributed by atoms with van der Waals surface area (Å²) < 4.78 is 0. The maximum atomic E-state index is 11.4. The molecule has 0 aliphatic carbocycles. The highest BCUT2D eigenvalue weighted by atomic mass is 16.1. The lowest BCUT2D eigenvalue weighted by Gasteiger charge is -2.06. The number of amides is 1. The van der Waals surface area contributed by atoms with Crippen LogP contribution in [-0.4, -0.2) is 21.1 Å². The van der Waals surface area contributed by atoms with Crippen LogP contribution < -0.4 is 10.6 Å². The summed E-state index contributed by atoms with van der Waals surface area (Å²) in [5.41, 5.74) is 2.54. The van der Waals surface area contributed by atoms with Crippen LogP contribution in [-0.2, 0) is 6.54 Å². The molecule has 3 N–H and O–H groups in total. The molecule has 1 aromatic heterocycles. The number of nitrogens with one attached hydrogen (secondary N) is 3. The number of H-pyrrole nitrogens is 1. The van der Waals surface area contributed by atoms with Gasteiger partial charge in [0.05, 0.1) is 0 Å². The van der Waals surface area contributed by atoms with Gasteiger partial charge >= 0.3 is 0 Å². The number of rotatable bonds is 2. The van der Waals surface area contributed by atoms with Gasteiger partial charge in [0.25, 0.3) is 5.91 Å². The lowest BCUT2D eigenvalue weighted by atomic mass is 10.1. The van der Waals surface area contributed by atoms with Gasteiger partial charge in [0.2, 0.25) is 5.95 Å². The third-order valence-corrected chi connectivity index (χ3v) is 2.51. The van der Waals surface area contributed by atoms with E-state index in [-0.39, 0.29) is 5.91 Å². The zero-order valence-corrected chi connectivity index (χ0v) is 8.32. The monoisotopic (exact) mass is 215 g/mol. The maximum Gasteiger partial charge on any atom is 0.251 e. The Morgan fingerprint density at radius 1 is 1.38 bits per heavy atom. The van der Waals surface area contributed by atoms with E-state index in [0.717, 1.165) is 11.3 Å². The largest absolute Gasteiger partial charge is 0.348 e. The van der Waals surface area contributed by atoms with Crippen molar-refractivity contribution in [2.24, 2.45) is 0 Å². The third-order valence-electron chi connectivity index (χ3n) is 2.51. The molecule has 2 heterocycles. The van der Waals surface area contributed by atoms with Crippen LogP contribution in [0.1, 0.15) is 15.9 Å². The molecule has 2 aromatic rings. The second kappa shape index (κ2) is 3.34. The number of anilines is 2. The molecule has 0 bridgehead atoms. The van der Waals surface area contributed by atoms with E-state index >= 15 is 0 Å². The molecule has 1 aliphatic rings. The first-order valence-corrected chi connectivity index (χ1v) is 4.87. The van der Waals surface area contributed by atoms with E-state index < -0.39 is 0 Å². The number of nitrogens with zero attached hydrogens (tertiary/aromatic N) is 2. The van der Waals surface area contributed by atoms with Gasteiger partial charge in [-0.3, -0.25) is 4.79 Å². The molecular weight excluding hydrogens is 206 g/mol. The standard InChI is InChI=1S/C10H9N5O/c16-9-6-2-1-3-8(7(6)4-11-9)14-10-12-5-13-15-10/h1-3,5H,4H2,(H,11,16)(H2,12,13,14,15). The Morgan fingerprint density at radius 2 is 2.31 bits per heavy atom. The first-order valence-electron chi connectivity index (χ1n) is 4.87. The fourth-order valence-electron chi connectivity index (χ4n) is 1.76. The van der Waals surface area contributed by atoms with Crippen molar-refractivity contribution < 1.29 is 4.79 Å². The van der Waals surface area contributed by atoms with Crippen LogP contribution in [0.5, 0.6) is 0 Å². The SMILES string of the molecule is O=C1NCc2c(Nc3ncn[nH]3)cccc21. The third kappa shape index (κ3) is 1.31. The minimum absolute atomic E-state index is 0.0313. The molecule has 0 unspecified atom stereocenters. The molecule has 3 rings (SSSR count). The van der Waals surface area contributed by atoms with Crippen molar-refractivity contribution in [1.29, 1.82) is 0 Å². The van der Waals surface area contributed by atoms with Gasteiger partial charge in [-0.25, -0.2) is 5.10 Å². The van der Waals surface area contributed by atoms with Gasteiger partial charge in [0, 0.05) is 23.4 Å². The van der Waals surface area contributed by atoms with E-state index in [2.05, 4.69) is 25.8 Å². The molecule has 1 amide bonds. The van der Waals surface area contributed by atoms with Crippen LogP contribution in [0.25, 0.3) is 0 Å². The van der Waals surface area contributed by atoms with E-state index in [9.17, 15) is 4.79 Å². The molecule has 1 aromatic carbocycles. The van der Waals surface area contributed by atoms with Crippen LogP contribution in [0.15, 0.2) is 24.5 Å². The Hall–Kier alpha value is -2.37. The number of aromatic nitrogens is 3. The summed E-state index contributed by atoms with van der Waals surface area (Å²) >= 11 is 0. The molecule has 0 atom stereocenters. The summed E-state index contributed by atoms with van der Waals surface area (Å²) in [7, 11) is 0. The summed E-state index contributed by atoms with van der Waals surface area (Å²) in [5.74, 6) is 0.531. The molecule has 6 heteroatoms. The van der Waals surface area contributed by atoms with Gasteiger partial charge in [-0.1, -0.05) is 6.07 Å². The summed E-state index contributed by atoms with van der Waals surface area (Å²) in [4.78, 5) is 15.4. The number of hydrogen-bond donors (Lipinski definition) is 3. The molecule has 16 heavy (non-hydrogen) atoms. The van der Waals surface area contributed by atoms with Crippen LogP contribution in [0, 0.1) is 0 Å². The van der Waals surface area contributed by atoms with E-state index in [4.69, 9.17) is 0 Å². The van der Waals surface area contributed by atoms with Crippen molar-refractivity contribution in [2.75, 3.05) is 5.32 Å². The average molecular weight is 215 g/mol. The lowest BCUT2D eigenvalue weighted by molar-refractivity contribution is 0.0966. The topological polar surface area (TPSA) is 82.7 Å². The highest BCUT2D eigenvalue weighted by Gasteiger charge is 2.21. The first-order chi connectivity index (χ1) is 7.84. The lowest BCUT2D eigenvalue weighted by Crippen LogP contribution is -2.12. The number of benzene rings is 1. The number of fused-ring (bicyclic) bond motifs is 1. The second-order valence-electron chi connectivity index (χ2n) is 3.47. The van der Waals surface area contributed by atoms with Crippen molar-refractivity contribution in [3.8, 4) is 0 Å². The van der Waals surface area contributed by atoms with Crippen molar-refractivity contribution in [2.45, 2.75) is 6.54 Å². The summed E-state index contributed by atoms with van der Waals surface area (Å²) in [6.07, 6.45) is 1.43. The van der Waals surface area contributed by atoms with Crippen molar-refractivity contribution in [1.82, 2.24) is 20.5 Å². The zero-order valence-electron chi connectivity index (χ0n) is 8.32. The van der Waals surface area contributed by atoms with Gasteiger partial charge in [-0.15, -0.1) is 0 Å². The predicted octanol–water partition coefficient (Wildman–Crippen LogP) is 0.792. The Kier molecular flexibility index (Phi) is 1.86. The predicted molar refractivity (Wildman–Crippen MR) is 57.3 cm³/mol. The molecule has 0 saturated heterocycles. The fraction of sp³-hybridized carbons (Fsp3) is 0.100. The van der Waals surface area contributed by atoms with Crippen LogP contribution in [0.4, 0.5) is 11.6 Å². The Balaban J connectivity index is 2.00. The molecule has 1 aliphatic heterocycles. The number of carbonyl (C=O) groups excluding carboxylic acids is 1. The molecular formula is C10H9N5O. The molecule has 80 valence electrons. The highest BCUT2D eigenvalue weighted by molar-refractivity contribution is 6.00. The fourth-order valence-corrected chi connectivity index (χ4v) is 1.76. The van der Waals surface area contributed by atoms with E-state index in [1.54, 1.807) is 0 Å². The molecule has 0 fully saturated rings. The summed E-state index contributed by atoms with van der Waals surface area (Å²) in [5, 5.41) is 12.3. The van der Waals surface area contributed by atoms with Gasteiger partial charge in [0.1, 0.15) is 6.33 Å². The van der Waals surface area contributed by atoms with Crippen LogP contribution in [0.2, 0.25) is 0 Å². The number of aromatic amines is 1. The van der Waals surface area contributed by atoms with Crippen LogP contribution in [0.3, 0.4) is 0 Å². The van der Waals surface area contributed by atoms with Gasteiger partial charge in [0.15, 0.2) is 0 Å². The maximum absolute atomic E-state index is 11.4. The van der Waals surface area contributed by atoms with Gasteiger partial charge in [-0.05, 0) is 12.1 Å². The second-order valence-corrected chi connectivity index (χ2v) is 3.47. The Labute approximate surface area is 91.1 Å². The quantitative estimate of drug-likeness (QED) is 0.691. The molecule has 6 nitrogen and oxygen atoms in total. The molecule has 0 radical (unpaired) electrons. The first kappa shape index (κ1) is 8.90. The minimum Gasteiger partial charge on any atom is -0.348 e. The normalized spacial score (nSPS) is 13.4. The number of carbonyl (C=O) groups is 1. The van der Waals surface area contributed by atoms with Gasteiger partial charge in [-0.2, -0.15) is 10.1 Å². The Bertz CT molecular complexity index is 534. The van der Waals surface area contributed by atoms with E-state index in [0.29, 0.717) is 18.1 Å². The molecule has 0 spiro atoms. The number of hydrogen-bond acceptors (Lipinski definition) is 4. The molecule has 0 saturated carbocycles. The highest BCUT2D eigenvalue weighted by Crippen LogP contribution is 2.25. The van der Waals surface area contributed by atoms with E-state index in [1.165, 1.54) is 6.33 Å². The van der Waals surface area contributed by atoms with Crippen molar-refractivity contribution in [3.05, 3.63) is 35.7 Å². The van der Waals surface area contributed by atoms with Crippen molar-refractivity contribution in [3.63, 3.8) is 0 Å². The summed E-state index contributed by atoms with van der Waals surface area (Å²) in [6, 6.07) is 5.55. The van der Waals surface area contributed by atoms with E-state index in [1.807, 2.05) is 18.2 Å². The average Bonchev–Trinajstić information content (AvgIpc) is 2.90. The Morgan fingerprint density at radius 3 is 3.12 bits per heavy atom. The zero-order chi connectivity index (χ0) is 11.0. The van der Waals surface area contributed by atoms with Crippen molar-refractivity contribution >= 4 is 17.5 Å². The van der Waals surface area contributed by atoms with Gasteiger partial charge < -0.3 is 10.6 Å².